The predicted octanol–water partition coefficient (Wildman–Crippen LogP) is 6.59. The van der Waals surface area contributed by atoms with E-state index in [1.165, 1.54) is 11.1 Å². The van der Waals surface area contributed by atoms with Crippen LogP contribution in [0.25, 0.3) is 0 Å². The Morgan fingerprint density at radius 2 is 1.03 bits per heavy atom. The molecule has 0 fully saturated rings. The van der Waals surface area contributed by atoms with Gasteiger partial charge in [-0.05, 0) is 96.3 Å². The quantitative estimate of drug-likeness (QED) is 0.337. The molecule has 31 heavy (non-hydrogen) atoms. The van der Waals surface area contributed by atoms with Crippen molar-refractivity contribution in [2.45, 2.75) is 19.8 Å². The average molecular weight is 411 g/mol. The summed E-state index contributed by atoms with van der Waals surface area (Å²) < 4.78 is 11.8. The van der Waals surface area contributed by atoms with E-state index in [0.717, 1.165) is 52.8 Å². The van der Waals surface area contributed by atoms with Gasteiger partial charge in [-0.15, -0.1) is 0 Å². The van der Waals surface area contributed by atoms with Crippen molar-refractivity contribution in [3.05, 3.63) is 108 Å². The summed E-state index contributed by atoms with van der Waals surface area (Å²) in [4.78, 5) is 0. The number of anilines is 2. The highest BCUT2D eigenvalue weighted by atomic mass is 16.5. The molecule has 0 saturated heterocycles. The van der Waals surface area contributed by atoms with Crippen molar-refractivity contribution in [3.63, 3.8) is 0 Å². The largest absolute Gasteiger partial charge is 0.457 e. The zero-order valence-electron chi connectivity index (χ0n) is 17.5. The normalized spacial score (nSPS) is 10.6. The van der Waals surface area contributed by atoms with E-state index in [4.69, 9.17) is 20.9 Å². The predicted molar refractivity (Wildman–Crippen MR) is 127 cm³/mol. The lowest BCUT2D eigenvalue weighted by Gasteiger charge is -2.10. The molecule has 0 unspecified atom stereocenters. The minimum atomic E-state index is 0.721. The van der Waals surface area contributed by atoms with E-state index in [1.807, 2.05) is 66.7 Å². The van der Waals surface area contributed by atoms with Gasteiger partial charge in [0.25, 0.3) is 0 Å². The van der Waals surface area contributed by atoms with E-state index in [2.05, 4.69) is 31.2 Å². The van der Waals surface area contributed by atoms with Gasteiger partial charge in [-0.25, -0.2) is 0 Å². The van der Waals surface area contributed by atoms with Gasteiger partial charge in [0.1, 0.15) is 23.0 Å². The summed E-state index contributed by atoms with van der Waals surface area (Å²) in [5.41, 5.74) is 16.7. The molecule has 4 aromatic carbocycles. The third-order valence-electron chi connectivity index (χ3n) is 5.10. The maximum atomic E-state index is 5.98. The van der Waals surface area contributed by atoms with Crippen LogP contribution in [-0.2, 0) is 12.8 Å². The second-order valence-electron chi connectivity index (χ2n) is 7.45. The van der Waals surface area contributed by atoms with Crippen molar-refractivity contribution in [1.82, 2.24) is 0 Å². The van der Waals surface area contributed by atoms with E-state index < -0.39 is 0 Å². The monoisotopic (exact) mass is 410 g/mol. The van der Waals surface area contributed by atoms with Crippen LogP contribution in [-0.4, -0.2) is 0 Å². The molecule has 0 aliphatic carbocycles. The average Bonchev–Trinajstić information content (AvgIpc) is 2.79. The van der Waals surface area contributed by atoms with Gasteiger partial charge >= 0.3 is 0 Å². The van der Waals surface area contributed by atoms with Crippen LogP contribution >= 0.6 is 0 Å². The van der Waals surface area contributed by atoms with Gasteiger partial charge in [-0.1, -0.05) is 31.2 Å². The number of benzene rings is 4. The Morgan fingerprint density at radius 3 is 1.55 bits per heavy atom. The van der Waals surface area contributed by atoms with Crippen LogP contribution in [0.5, 0.6) is 23.0 Å². The van der Waals surface area contributed by atoms with Gasteiger partial charge in [-0.3, -0.25) is 0 Å². The van der Waals surface area contributed by atoms with Crippen molar-refractivity contribution in [3.8, 4) is 23.0 Å². The summed E-state index contributed by atoms with van der Waals surface area (Å²) in [6, 6.07) is 29.5. The molecule has 0 saturated carbocycles. The summed E-state index contributed by atoms with van der Waals surface area (Å²) in [7, 11) is 0. The first-order chi connectivity index (χ1) is 15.1. The lowest BCUT2D eigenvalue weighted by molar-refractivity contribution is 0.482. The SMILES string of the molecule is CCc1cc(Oc2ccc(Cc3ccc(Oc4ccc(N)cc4)cc3)cc2)ccc1N. The minimum Gasteiger partial charge on any atom is -0.457 e. The van der Waals surface area contributed by atoms with Gasteiger partial charge < -0.3 is 20.9 Å². The highest BCUT2D eigenvalue weighted by molar-refractivity contribution is 5.51. The zero-order valence-corrected chi connectivity index (χ0v) is 17.5. The number of nitrogens with two attached hydrogens (primary N) is 2. The molecule has 0 aliphatic heterocycles. The number of hydrogen-bond donors (Lipinski definition) is 2. The molecule has 0 amide bonds. The van der Waals surface area contributed by atoms with E-state index in [0.29, 0.717) is 0 Å². The molecule has 4 nitrogen and oxygen atoms in total. The highest BCUT2D eigenvalue weighted by Gasteiger charge is 2.04. The Hall–Kier alpha value is -3.92. The van der Waals surface area contributed by atoms with Crippen LogP contribution in [0.4, 0.5) is 11.4 Å². The molecule has 4 N–H and O–H groups in total. The molecule has 0 heterocycles. The molecular formula is C27H26N2O2. The van der Waals surface area contributed by atoms with Gasteiger partial charge in [-0.2, -0.15) is 0 Å². The number of hydrogen-bond acceptors (Lipinski definition) is 4. The second-order valence-corrected chi connectivity index (χ2v) is 7.45. The third kappa shape index (κ3) is 5.37. The van der Waals surface area contributed by atoms with Crippen LogP contribution < -0.4 is 20.9 Å². The van der Waals surface area contributed by atoms with Crippen molar-refractivity contribution >= 4 is 11.4 Å². The molecular weight excluding hydrogens is 384 g/mol. The minimum absolute atomic E-state index is 0.721. The first kappa shape index (κ1) is 20.4. The summed E-state index contributed by atoms with van der Waals surface area (Å²) in [6.45, 7) is 2.08. The van der Waals surface area contributed by atoms with Gasteiger partial charge in [0.15, 0.2) is 0 Å². The van der Waals surface area contributed by atoms with E-state index in [9.17, 15) is 0 Å². The van der Waals surface area contributed by atoms with Gasteiger partial charge in [0, 0.05) is 11.4 Å². The molecule has 0 radical (unpaired) electrons. The Balaban J connectivity index is 1.37. The standard InChI is InChI=1S/C27H26N2O2/c1-2-21-18-26(15-16-27(21)29)31-24-11-5-20(6-12-24)17-19-3-9-23(10-4-19)30-25-13-7-22(28)8-14-25/h3-16,18H,2,17,28-29H2,1H3. The highest BCUT2D eigenvalue weighted by Crippen LogP contribution is 2.27. The number of ether oxygens (including phenoxy) is 2. The lowest BCUT2D eigenvalue weighted by atomic mass is 10.0. The van der Waals surface area contributed by atoms with E-state index >= 15 is 0 Å². The van der Waals surface area contributed by atoms with Crippen LogP contribution in [0.3, 0.4) is 0 Å². The molecule has 0 bridgehead atoms. The smallest absolute Gasteiger partial charge is 0.127 e. The van der Waals surface area contributed by atoms with E-state index in [-0.39, 0.29) is 0 Å². The molecule has 156 valence electrons. The van der Waals surface area contributed by atoms with Crippen molar-refractivity contribution in [2.75, 3.05) is 11.5 Å². The summed E-state index contributed by atoms with van der Waals surface area (Å²) in [5.74, 6) is 3.18. The number of nitrogen functional groups attached to an aromatic ring is 2. The molecule has 0 spiro atoms. The Kier molecular flexibility index (Phi) is 6.08. The molecule has 0 aliphatic rings. The third-order valence-corrected chi connectivity index (χ3v) is 5.10. The number of aryl methyl sites for hydroxylation is 1. The topological polar surface area (TPSA) is 70.5 Å². The van der Waals surface area contributed by atoms with Gasteiger partial charge in [0.2, 0.25) is 0 Å². The second kappa shape index (κ2) is 9.26. The van der Waals surface area contributed by atoms with Gasteiger partial charge in [0.05, 0.1) is 0 Å². The van der Waals surface area contributed by atoms with Crippen LogP contribution in [0.2, 0.25) is 0 Å². The number of rotatable bonds is 7. The Bertz CT molecular complexity index is 1140. The maximum absolute atomic E-state index is 5.98. The van der Waals surface area contributed by atoms with Crippen molar-refractivity contribution in [2.24, 2.45) is 0 Å². The molecule has 0 aromatic heterocycles. The summed E-state index contributed by atoms with van der Waals surface area (Å²) in [6.07, 6.45) is 1.72. The Morgan fingerprint density at radius 1 is 0.581 bits per heavy atom. The lowest BCUT2D eigenvalue weighted by Crippen LogP contribution is -1.94. The van der Waals surface area contributed by atoms with Crippen molar-refractivity contribution in [1.29, 1.82) is 0 Å². The van der Waals surface area contributed by atoms with Crippen LogP contribution in [0.1, 0.15) is 23.6 Å². The first-order valence-electron chi connectivity index (χ1n) is 10.4. The van der Waals surface area contributed by atoms with Crippen LogP contribution in [0, 0.1) is 0 Å². The molecule has 4 heteroatoms. The molecule has 4 rings (SSSR count). The van der Waals surface area contributed by atoms with E-state index in [1.54, 1.807) is 0 Å². The zero-order chi connectivity index (χ0) is 21.6. The summed E-state index contributed by atoms with van der Waals surface area (Å²) >= 11 is 0. The summed E-state index contributed by atoms with van der Waals surface area (Å²) in [5, 5.41) is 0. The maximum Gasteiger partial charge on any atom is 0.127 e. The first-order valence-corrected chi connectivity index (χ1v) is 10.4. The molecule has 0 atom stereocenters. The van der Waals surface area contributed by atoms with Crippen molar-refractivity contribution < 1.29 is 9.47 Å². The Labute approximate surface area is 183 Å². The van der Waals surface area contributed by atoms with Crippen LogP contribution in [0.15, 0.2) is 91.0 Å². The fourth-order valence-electron chi connectivity index (χ4n) is 3.35. The molecule has 4 aromatic rings. The fraction of sp³-hybridized carbons (Fsp3) is 0.111. The fourth-order valence-corrected chi connectivity index (χ4v) is 3.35.